The molecule has 1 N–H and O–H groups in total. The van der Waals surface area contributed by atoms with Crippen molar-refractivity contribution >= 4 is 5.91 Å². The molecule has 0 saturated carbocycles. The molecule has 5 nitrogen and oxygen atoms in total. The number of carbonyl (C=O) groups excluding carboxylic acids is 1. The van der Waals surface area contributed by atoms with Crippen molar-refractivity contribution in [2.45, 2.75) is 37.5 Å². The van der Waals surface area contributed by atoms with E-state index < -0.39 is 6.10 Å². The van der Waals surface area contributed by atoms with E-state index in [2.05, 4.69) is 22.9 Å². The van der Waals surface area contributed by atoms with Crippen LogP contribution in [0.5, 0.6) is 0 Å². The smallest absolute Gasteiger partial charge is 0.240 e. The van der Waals surface area contributed by atoms with Crippen molar-refractivity contribution in [2.24, 2.45) is 0 Å². The van der Waals surface area contributed by atoms with Crippen molar-refractivity contribution < 1.29 is 9.90 Å². The van der Waals surface area contributed by atoms with Crippen LogP contribution < -0.4 is 0 Å². The fraction of sp³-hybridized carbons (Fsp3) is 0.632. The maximum atomic E-state index is 12.7. The molecule has 5 heteroatoms. The van der Waals surface area contributed by atoms with Crippen LogP contribution in [0.25, 0.3) is 0 Å². The van der Waals surface area contributed by atoms with E-state index in [1.807, 2.05) is 23.1 Å². The number of aliphatic hydroxyl groups excluding tert-OH is 1. The van der Waals surface area contributed by atoms with Crippen LogP contribution in [0, 0.1) is 0 Å². The number of carbonyl (C=O) groups is 1. The second-order valence-electron chi connectivity index (χ2n) is 7.42. The molecule has 2 saturated heterocycles. The van der Waals surface area contributed by atoms with E-state index in [4.69, 9.17) is 0 Å². The van der Waals surface area contributed by atoms with Gasteiger partial charge in [0.1, 0.15) is 0 Å². The molecule has 130 valence electrons. The van der Waals surface area contributed by atoms with E-state index in [-0.39, 0.29) is 12.1 Å². The molecule has 0 aromatic heterocycles. The highest BCUT2D eigenvalue weighted by Crippen LogP contribution is 2.34. The van der Waals surface area contributed by atoms with Crippen molar-refractivity contribution in [2.75, 3.05) is 39.8 Å². The van der Waals surface area contributed by atoms with Gasteiger partial charge >= 0.3 is 0 Å². The predicted octanol–water partition coefficient (Wildman–Crippen LogP) is 0.883. The summed E-state index contributed by atoms with van der Waals surface area (Å²) in [6.07, 6.45) is 2.63. The van der Waals surface area contributed by atoms with Crippen LogP contribution in [-0.4, -0.2) is 77.6 Å². The number of nitrogens with zero attached hydrogens (tertiary/aromatic N) is 3. The van der Waals surface area contributed by atoms with Gasteiger partial charge in [-0.2, -0.15) is 0 Å². The summed E-state index contributed by atoms with van der Waals surface area (Å²) in [4.78, 5) is 19.3. The van der Waals surface area contributed by atoms with Gasteiger partial charge in [0.15, 0.2) is 0 Å². The average Bonchev–Trinajstić information content (AvgIpc) is 3.18. The number of likely N-dealkylation sites (N-methyl/N-ethyl adjacent to an activating group) is 1. The Morgan fingerprint density at radius 1 is 1.12 bits per heavy atom. The van der Waals surface area contributed by atoms with Gasteiger partial charge in [-0.05, 0) is 44.0 Å². The number of fused-ring (bicyclic) bond motifs is 1. The van der Waals surface area contributed by atoms with Crippen molar-refractivity contribution in [3.63, 3.8) is 0 Å². The summed E-state index contributed by atoms with van der Waals surface area (Å²) in [5.41, 5.74) is 2.34. The molecule has 1 aromatic rings. The molecule has 1 aromatic carbocycles. The average molecular weight is 329 g/mol. The van der Waals surface area contributed by atoms with Crippen LogP contribution in [0.4, 0.5) is 0 Å². The van der Waals surface area contributed by atoms with Crippen molar-refractivity contribution in [3.05, 3.63) is 35.4 Å². The molecule has 3 unspecified atom stereocenters. The molecule has 3 atom stereocenters. The minimum atomic E-state index is -0.399. The van der Waals surface area contributed by atoms with Gasteiger partial charge in [0.2, 0.25) is 5.91 Å². The largest absolute Gasteiger partial charge is 0.387 e. The Bertz CT molecular complexity index is 612. The van der Waals surface area contributed by atoms with Crippen molar-refractivity contribution in [1.82, 2.24) is 14.7 Å². The van der Waals surface area contributed by atoms with Gasteiger partial charge < -0.3 is 10.0 Å². The molecular weight excluding hydrogens is 302 g/mol. The van der Waals surface area contributed by atoms with E-state index in [1.54, 1.807) is 0 Å². The molecule has 0 radical (unpaired) electrons. The van der Waals surface area contributed by atoms with E-state index in [1.165, 1.54) is 5.56 Å². The number of hydrogen-bond donors (Lipinski definition) is 1. The number of hydrogen-bond acceptors (Lipinski definition) is 4. The highest BCUT2D eigenvalue weighted by atomic mass is 16.3. The molecule has 2 aliphatic heterocycles. The third-order valence-corrected chi connectivity index (χ3v) is 6.07. The normalized spacial score (nSPS) is 31.4. The van der Waals surface area contributed by atoms with Gasteiger partial charge in [-0.25, -0.2) is 0 Å². The first-order chi connectivity index (χ1) is 11.6. The molecule has 0 spiro atoms. The predicted molar refractivity (Wildman–Crippen MR) is 92.7 cm³/mol. The monoisotopic (exact) mass is 329 g/mol. The third kappa shape index (κ3) is 2.75. The molecule has 2 heterocycles. The van der Waals surface area contributed by atoms with Gasteiger partial charge in [0.25, 0.3) is 0 Å². The summed E-state index contributed by atoms with van der Waals surface area (Å²) in [6.45, 7) is 4.31. The van der Waals surface area contributed by atoms with E-state index in [0.717, 1.165) is 57.5 Å². The Morgan fingerprint density at radius 3 is 2.54 bits per heavy atom. The Morgan fingerprint density at radius 2 is 1.88 bits per heavy atom. The standard InChI is InChI=1S/C19H27N3O2/c1-20-8-4-7-16(20)19(24)22-11-9-21(10-12-22)17-13-14-5-2-3-6-15(14)18(17)23/h2-3,5-6,16-18,23H,4,7-13H2,1H3. The zero-order chi connectivity index (χ0) is 16.7. The Kier molecular flexibility index (Phi) is 4.33. The zero-order valence-corrected chi connectivity index (χ0v) is 14.4. The highest BCUT2D eigenvalue weighted by molar-refractivity contribution is 5.82. The number of likely N-dealkylation sites (tertiary alicyclic amines) is 1. The highest BCUT2D eigenvalue weighted by Gasteiger charge is 2.38. The quantitative estimate of drug-likeness (QED) is 0.875. The lowest BCUT2D eigenvalue weighted by Gasteiger charge is -2.40. The lowest BCUT2D eigenvalue weighted by atomic mass is 10.1. The maximum Gasteiger partial charge on any atom is 0.240 e. The molecule has 4 rings (SSSR count). The zero-order valence-electron chi connectivity index (χ0n) is 14.4. The molecular formula is C19H27N3O2. The fourth-order valence-electron chi connectivity index (χ4n) is 4.59. The Hall–Kier alpha value is -1.43. The fourth-order valence-corrected chi connectivity index (χ4v) is 4.59. The van der Waals surface area contributed by atoms with E-state index in [0.29, 0.717) is 5.91 Å². The number of benzene rings is 1. The second-order valence-corrected chi connectivity index (χ2v) is 7.42. The minimum Gasteiger partial charge on any atom is -0.387 e. The maximum absolute atomic E-state index is 12.7. The van der Waals surface area contributed by atoms with E-state index in [9.17, 15) is 9.90 Å². The van der Waals surface area contributed by atoms with E-state index >= 15 is 0 Å². The van der Waals surface area contributed by atoms with Crippen LogP contribution in [0.3, 0.4) is 0 Å². The molecule has 3 aliphatic rings. The summed E-state index contributed by atoms with van der Waals surface area (Å²) < 4.78 is 0. The number of rotatable bonds is 2. The Labute approximate surface area is 143 Å². The number of amides is 1. The number of piperazine rings is 1. The molecule has 1 amide bonds. The second kappa shape index (κ2) is 6.47. The van der Waals surface area contributed by atoms with Crippen LogP contribution >= 0.6 is 0 Å². The Balaban J connectivity index is 1.36. The summed E-state index contributed by atoms with van der Waals surface area (Å²) in [5, 5.41) is 10.6. The first kappa shape index (κ1) is 16.1. The molecule has 24 heavy (non-hydrogen) atoms. The summed E-state index contributed by atoms with van der Waals surface area (Å²) in [7, 11) is 2.05. The first-order valence-electron chi connectivity index (χ1n) is 9.14. The van der Waals surface area contributed by atoms with Crippen molar-refractivity contribution in [3.8, 4) is 0 Å². The molecule has 1 aliphatic carbocycles. The molecule has 0 bridgehead atoms. The van der Waals surface area contributed by atoms with Crippen molar-refractivity contribution in [1.29, 1.82) is 0 Å². The third-order valence-electron chi connectivity index (χ3n) is 6.07. The molecule has 2 fully saturated rings. The number of aliphatic hydroxyl groups is 1. The van der Waals surface area contributed by atoms with Gasteiger partial charge in [-0.15, -0.1) is 0 Å². The summed E-state index contributed by atoms with van der Waals surface area (Å²) in [6, 6.07) is 8.44. The van der Waals surface area contributed by atoms with Gasteiger partial charge in [-0.1, -0.05) is 24.3 Å². The van der Waals surface area contributed by atoms with Gasteiger partial charge in [0.05, 0.1) is 12.1 Å². The van der Waals surface area contributed by atoms with Gasteiger partial charge in [-0.3, -0.25) is 14.6 Å². The SMILES string of the molecule is CN1CCCC1C(=O)N1CCN(C2Cc3ccccc3C2O)CC1. The van der Waals surface area contributed by atoms with Gasteiger partial charge in [0, 0.05) is 32.2 Å². The van der Waals surface area contributed by atoms with Crippen LogP contribution in [-0.2, 0) is 11.2 Å². The van der Waals surface area contributed by atoms with Crippen LogP contribution in [0.1, 0.15) is 30.1 Å². The summed E-state index contributed by atoms with van der Waals surface area (Å²) >= 11 is 0. The lowest BCUT2D eigenvalue weighted by molar-refractivity contribution is -0.138. The topological polar surface area (TPSA) is 47.0 Å². The minimum absolute atomic E-state index is 0.0814. The summed E-state index contributed by atoms with van der Waals surface area (Å²) in [5.74, 6) is 0.296. The van der Waals surface area contributed by atoms with Crippen LogP contribution in [0.2, 0.25) is 0 Å². The lowest BCUT2D eigenvalue weighted by Crippen LogP contribution is -2.55. The first-order valence-corrected chi connectivity index (χ1v) is 9.14. The van der Waals surface area contributed by atoms with Crippen LogP contribution in [0.15, 0.2) is 24.3 Å².